The first kappa shape index (κ1) is 18.2. The Hall–Kier alpha value is -1.15. The monoisotopic (exact) mass is 496 g/mol. The van der Waals surface area contributed by atoms with Crippen LogP contribution in [-0.4, -0.2) is 29.7 Å². The molecule has 1 aliphatic rings. The molecule has 1 aromatic carbocycles. The maximum absolute atomic E-state index is 12.8. The summed E-state index contributed by atoms with van der Waals surface area (Å²) in [5.41, 5.74) is 2.91. The Labute approximate surface area is 172 Å². The lowest BCUT2D eigenvalue weighted by molar-refractivity contribution is 0.0851. The van der Waals surface area contributed by atoms with Crippen molar-refractivity contribution in [1.82, 2.24) is 9.88 Å². The van der Waals surface area contributed by atoms with Crippen molar-refractivity contribution in [3.8, 4) is 0 Å². The fraction of sp³-hybridized carbons (Fsp3) is 0.316. The van der Waals surface area contributed by atoms with Crippen molar-refractivity contribution < 1.29 is 9.53 Å². The van der Waals surface area contributed by atoms with Crippen LogP contribution in [0.25, 0.3) is 10.2 Å². The summed E-state index contributed by atoms with van der Waals surface area (Å²) in [7, 11) is 0. The molecule has 7 heteroatoms. The maximum atomic E-state index is 12.8. The van der Waals surface area contributed by atoms with Crippen LogP contribution in [0.1, 0.15) is 28.9 Å². The van der Waals surface area contributed by atoms with Crippen LogP contribution in [0.2, 0.25) is 0 Å². The number of halogens is 2. The molecule has 0 radical (unpaired) electrons. The number of aromatic nitrogens is 1. The zero-order valence-corrected chi connectivity index (χ0v) is 18.0. The summed E-state index contributed by atoms with van der Waals surface area (Å²) in [6.45, 7) is 2.01. The molecule has 0 aliphatic carbocycles. The molecule has 1 N–H and O–H groups in total. The lowest BCUT2D eigenvalue weighted by Crippen LogP contribution is -2.33. The van der Waals surface area contributed by atoms with Crippen molar-refractivity contribution in [1.29, 1.82) is 0 Å². The number of benzene rings is 1. The predicted molar refractivity (Wildman–Crippen MR) is 112 cm³/mol. The van der Waals surface area contributed by atoms with Crippen LogP contribution in [0.4, 0.5) is 0 Å². The summed E-state index contributed by atoms with van der Waals surface area (Å²) in [5, 5.41) is 5.11. The fourth-order valence-corrected chi connectivity index (χ4v) is 5.22. The van der Waals surface area contributed by atoms with Gasteiger partial charge in [0.25, 0.3) is 5.91 Å². The highest BCUT2D eigenvalue weighted by Gasteiger charge is 2.21. The van der Waals surface area contributed by atoms with E-state index in [0.717, 1.165) is 44.2 Å². The molecule has 0 spiro atoms. The van der Waals surface area contributed by atoms with Gasteiger partial charge in [0.2, 0.25) is 0 Å². The molecule has 1 atom stereocenters. The van der Waals surface area contributed by atoms with Gasteiger partial charge in [-0.25, -0.2) is 0 Å². The van der Waals surface area contributed by atoms with E-state index in [1.165, 1.54) is 0 Å². The van der Waals surface area contributed by atoms with Gasteiger partial charge in [0.15, 0.2) is 0 Å². The first-order valence-electron chi connectivity index (χ1n) is 8.52. The number of nitrogens with zero attached hydrogens (tertiary/aromatic N) is 1. The van der Waals surface area contributed by atoms with Gasteiger partial charge in [-0.05, 0) is 52.5 Å². The molecule has 136 valence electrons. The third-order valence-corrected chi connectivity index (χ3v) is 6.93. The summed E-state index contributed by atoms with van der Waals surface area (Å²) >= 11 is 8.74. The van der Waals surface area contributed by atoms with Crippen molar-refractivity contribution in [2.24, 2.45) is 0 Å². The second kappa shape index (κ2) is 7.84. The van der Waals surface area contributed by atoms with E-state index in [-0.39, 0.29) is 12.0 Å². The number of hydrogen-bond acceptors (Lipinski definition) is 3. The van der Waals surface area contributed by atoms with Gasteiger partial charge in [-0.1, -0.05) is 28.1 Å². The number of amides is 1. The van der Waals surface area contributed by atoms with Crippen LogP contribution in [-0.2, 0) is 11.3 Å². The molecule has 0 bridgehead atoms. The highest BCUT2D eigenvalue weighted by molar-refractivity contribution is 9.11. The Kier molecular flexibility index (Phi) is 5.50. The van der Waals surface area contributed by atoms with Gasteiger partial charge in [-0.2, -0.15) is 0 Å². The van der Waals surface area contributed by atoms with E-state index in [0.29, 0.717) is 18.8 Å². The first-order chi connectivity index (χ1) is 12.6. The van der Waals surface area contributed by atoms with E-state index in [9.17, 15) is 4.79 Å². The first-order valence-corrected chi connectivity index (χ1v) is 11.0. The maximum Gasteiger partial charge on any atom is 0.268 e. The molecule has 3 aromatic rings. The molecule has 1 aliphatic heterocycles. The molecule has 0 saturated carbocycles. The van der Waals surface area contributed by atoms with E-state index >= 15 is 0 Å². The Morgan fingerprint density at radius 3 is 2.85 bits per heavy atom. The van der Waals surface area contributed by atoms with E-state index < -0.39 is 0 Å². The molecule has 1 saturated heterocycles. The fourth-order valence-electron chi connectivity index (χ4n) is 3.26. The third kappa shape index (κ3) is 3.76. The molecular formula is C19H18Br2N2O2S. The van der Waals surface area contributed by atoms with Crippen LogP contribution >= 0.6 is 43.2 Å². The van der Waals surface area contributed by atoms with Gasteiger partial charge < -0.3 is 14.6 Å². The van der Waals surface area contributed by atoms with Gasteiger partial charge >= 0.3 is 0 Å². The summed E-state index contributed by atoms with van der Waals surface area (Å²) in [4.78, 5) is 12.8. The topological polar surface area (TPSA) is 43.3 Å². The summed E-state index contributed by atoms with van der Waals surface area (Å²) in [6, 6.07) is 10.2. The summed E-state index contributed by atoms with van der Waals surface area (Å²) in [5.74, 6) is -0.0482. The quantitative estimate of drug-likeness (QED) is 0.527. The molecular weight excluding hydrogens is 480 g/mol. The number of thiophene rings is 1. The smallest absolute Gasteiger partial charge is 0.268 e. The van der Waals surface area contributed by atoms with Crippen molar-refractivity contribution >= 4 is 59.3 Å². The molecule has 0 unspecified atom stereocenters. The SMILES string of the molecule is O=C(NC[C@@H]1CCCO1)c1cc2scc(Br)c2n1Cc1ccc(Br)cc1. The van der Waals surface area contributed by atoms with Crippen molar-refractivity contribution in [3.63, 3.8) is 0 Å². The predicted octanol–water partition coefficient (Wildman–Crippen LogP) is 5.18. The highest BCUT2D eigenvalue weighted by Crippen LogP contribution is 2.34. The second-order valence-corrected chi connectivity index (χ2v) is 9.06. The average Bonchev–Trinajstić information content (AvgIpc) is 3.34. The van der Waals surface area contributed by atoms with Gasteiger partial charge in [0, 0.05) is 29.5 Å². The zero-order valence-electron chi connectivity index (χ0n) is 14.0. The summed E-state index contributed by atoms with van der Waals surface area (Å²) in [6.07, 6.45) is 2.23. The number of fused-ring (bicyclic) bond motifs is 1. The molecule has 4 nitrogen and oxygen atoms in total. The van der Waals surface area contributed by atoms with Crippen LogP contribution in [0, 0.1) is 0 Å². The number of rotatable bonds is 5. The molecule has 4 rings (SSSR count). The Morgan fingerprint density at radius 2 is 2.12 bits per heavy atom. The minimum atomic E-state index is -0.0482. The lowest BCUT2D eigenvalue weighted by atomic mass is 10.2. The van der Waals surface area contributed by atoms with Crippen LogP contribution in [0.5, 0.6) is 0 Å². The third-order valence-electron chi connectivity index (χ3n) is 4.58. The Balaban J connectivity index is 1.62. The number of carbonyl (C=O) groups is 1. The minimum Gasteiger partial charge on any atom is -0.376 e. The van der Waals surface area contributed by atoms with E-state index in [4.69, 9.17) is 4.74 Å². The van der Waals surface area contributed by atoms with E-state index in [2.05, 4.69) is 59.3 Å². The molecule has 2 aromatic heterocycles. The van der Waals surface area contributed by atoms with Crippen molar-refractivity contribution in [3.05, 3.63) is 55.9 Å². The van der Waals surface area contributed by atoms with Gasteiger partial charge in [0.1, 0.15) is 5.69 Å². The number of hydrogen-bond donors (Lipinski definition) is 1. The minimum absolute atomic E-state index is 0.0482. The van der Waals surface area contributed by atoms with E-state index in [1.807, 2.05) is 18.2 Å². The zero-order chi connectivity index (χ0) is 18.1. The molecule has 26 heavy (non-hydrogen) atoms. The largest absolute Gasteiger partial charge is 0.376 e. The van der Waals surface area contributed by atoms with Crippen molar-refractivity contribution in [2.75, 3.05) is 13.2 Å². The molecule has 3 heterocycles. The number of carbonyl (C=O) groups excluding carboxylic acids is 1. The average molecular weight is 498 g/mol. The number of nitrogens with one attached hydrogen (secondary N) is 1. The Bertz CT molecular complexity index is 927. The van der Waals surface area contributed by atoms with E-state index in [1.54, 1.807) is 11.3 Å². The normalized spacial score (nSPS) is 17.1. The van der Waals surface area contributed by atoms with Crippen LogP contribution < -0.4 is 5.32 Å². The van der Waals surface area contributed by atoms with Gasteiger partial charge in [-0.15, -0.1) is 11.3 Å². The highest BCUT2D eigenvalue weighted by atomic mass is 79.9. The lowest BCUT2D eigenvalue weighted by Gasteiger charge is -2.14. The standard InChI is InChI=1S/C19H18Br2N2O2S/c20-13-5-3-12(4-6-13)10-23-16(8-17-18(23)15(21)11-26-17)19(24)22-9-14-2-1-7-25-14/h3-6,8,11,14H,1-2,7,9-10H2,(H,22,24)/t14-/m0/s1. The van der Waals surface area contributed by atoms with Crippen LogP contribution in [0.15, 0.2) is 44.7 Å². The summed E-state index contributed by atoms with van der Waals surface area (Å²) < 4.78 is 10.9. The molecule has 1 amide bonds. The van der Waals surface area contributed by atoms with Gasteiger partial charge in [-0.3, -0.25) is 4.79 Å². The van der Waals surface area contributed by atoms with Gasteiger partial charge in [0.05, 0.1) is 20.8 Å². The second-order valence-electron chi connectivity index (χ2n) is 6.38. The Morgan fingerprint density at radius 1 is 1.31 bits per heavy atom. The van der Waals surface area contributed by atoms with Crippen LogP contribution in [0.3, 0.4) is 0 Å². The van der Waals surface area contributed by atoms with Crippen molar-refractivity contribution in [2.45, 2.75) is 25.5 Å². The number of ether oxygens (including phenoxy) is 1. The molecule has 1 fully saturated rings.